The van der Waals surface area contributed by atoms with Gasteiger partial charge in [0.2, 0.25) is 11.8 Å². The number of hydrogen-bond acceptors (Lipinski definition) is 8. The summed E-state index contributed by atoms with van der Waals surface area (Å²) in [5.74, 6) is -5.00. The van der Waals surface area contributed by atoms with Crippen molar-refractivity contribution in [2.24, 2.45) is 5.92 Å². The van der Waals surface area contributed by atoms with Gasteiger partial charge >= 0.3 is 12.0 Å². The van der Waals surface area contributed by atoms with Crippen LogP contribution in [0.15, 0.2) is 0 Å². The number of nitrogens with one attached hydrogen (secondary N) is 1. The lowest BCUT2D eigenvalue weighted by Gasteiger charge is -2.49. The van der Waals surface area contributed by atoms with Crippen LogP contribution < -0.4 is 5.32 Å². The molecule has 174 valence electrons. The zero-order valence-corrected chi connectivity index (χ0v) is 17.0. The second-order valence-electron chi connectivity index (χ2n) is 8.46. The monoisotopic (exact) mass is 443 g/mol. The molecule has 0 radical (unpaired) electrons. The minimum Gasteiger partial charge on any atom is -0.480 e. The summed E-state index contributed by atoms with van der Waals surface area (Å²) in [6.45, 7) is -0.757. The summed E-state index contributed by atoms with van der Waals surface area (Å²) in [5.41, 5.74) is 0. The fraction of sp³-hybridized carbons (Fsp3) is 0.789. The minimum atomic E-state index is -1.84. The molecule has 2 unspecified atom stereocenters. The average Bonchev–Trinajstić information content (AvgIpc) is 2.70. The van der Waals surface area contributed by atoms with Gasteiger partial charge in [-0.25, -0.2) is 4.79 Å². The van der Waals surface area contributed by atoms with Gasteiger partial charge in [0.15, 0.2) is 12.1 Å². The second-order valence-corrected chi connectivity index (χ2v) is 8.46. The molecule has 3 rings (SSSR count). The quantitative estimate of drug-likeness (QED) is 0.260. The number of carbonyl (C=O) groups is 4. The highest BCUT2D eigenvalue weighted by molar-refractivity contribution is 6.09. The number of carboxylic acids is 1. The lowest BCUT2D eigenvalue weighted by molar-refractivity contribution is -0.165. The van der Waals surface area contributed by atoms with E-state index in [1.165, 1.54) is 0 Å². The number of imide groups is 1. The van der Waals surface area contributed by atoms with Crippen molar-refractivity contribution in [1.82, 2.24) is 15.1 Å². The molecule has 3 fully saturated rings. The van der Waals surface area contributed by atoms with Crippen LogP contribution in [-0.4, -0.2) is 102 Å². The smallest absolute Gasteiger partial charge is 0.329 e. The number of carbonyl (C=O) groups excluding carboxylic acids is 3. The van der Waals surface area contributed by atoms with Crippen LogP contribution >= 0.6 is 0 Å². The van der Waals surface area contributed by atoms with E-state index in [2.05, 4.69) is 5.32 Å². The molecule has 1 heterocycles. The van der Waals surface area contributed by atoms with Crippen LogP contribution in [-0.2, 0) is 14.4 Å². The molecule has 0 aromatic rings. The summed E-state index contributed by atoms with van der Waals surface area (Å²) in [5, 5.41) is 51.3. The van der Waals surface area contributed by atoms with Gasteiger partial charge in [-0.05, 0) is 44.9 Å². The number of aliphatic carboxylic acids is 1. The Balaban J connectivity index is 1.90. The van der Waals surface area contributed by atoms with E-state index >= 15 is 0 Å². The highest BCUT2D eigenvalue weighted by Gasteiger charge is 2.54. The van der Waals surface area contributed by atoms with Gasteiger partial charge in [0.1, 0.15) is 6.54 Å². The molecule has 2 aliphatic carbocycles. The number of aliphatic hydroxyl groups excluding tert-OH is 4. The van der Waals surface area contributed by atoms with Crippen molar-refractivity contribution in [3.63, 3.8) is 0 Å². The molecule has 12 heteroatoms. The van der Waals surface area contributed by atoms with Gasteiger partial charge in [-0.2, -0.15) is 0 Å². The Morgan fingerprint density at radius 3 is 2.10 bits per heavy atom. The maximum Gasteiger partial charge on any atom is 0.329 e. The van der Waals surface area contributed by atoms with Gasteiger partial charge in [0, 0.05) is 12.1 Å². The average molecular weight is 443 g/mol. The molecule has 2 saturated carbocycles. The fourth-order valence-electron chi connectivity index (χ4n) is 4.68. The Labute approximate surface area is 178 Å². The van der Waals surface area contributed by atoms with E-state index in [1.807, 2.05) is 0 Å². The Bertz CT molecular complexity index is 724. The predicted molar refractivity (Wildman–Crippen MR) is 102 cm³/mol. The first-order valence-corrected chi connectivity index (χ1v) is 10.5. The molecule has 1 aliphatic heterocycles. The first-order chi connectivity index (χ1) is 14.6. The molecule has 0 aromatic heterocycles. The van der Waals surface area contributed by atoms with E-state index in [0.717, 1.165) is 9.80 Å². The molecule has 6 N–H and O–H groups in total. The molecule has 0 spiro atoms. The van der Waals surface area contributed by atoms with Crippen molar-refractivity contribution in [2.75, 3.05) is 6.54 Å². The summed E-state index contributed by atoms with van der Waals surface area (Å²) in [4.78, 5) is 51.7. The maximum atomic E-state index is 13.3. The summed E-state index contributed by atoms with van der Waals surface area (Å²) >= 11 is 0. The van der Waals surface area contributed by atoms with Crippen molar-refractivity contribution < 1.29 is 44.7 Å². The maximum absolute atomic E-state index is 13.3. The number of urea groups is 1. The molecule has 31 heavy (non-hydrogen) atoms. The predicted octanol–water partition coefficient (Wildman–Crippen LogP) is -2.04. The van der Waals surface area contributed by atoms with Gasteiger partial charge in [0.05, 0.1) is 18.3 Å². The van der Waals surface area contributed by atoms with E-state index in [4.69, 9.17) is 5.11 Å². The largest absolute Gasteiger partial charge is 0.480 e. The Kier molecular flexibility index (Phi) is 7.14. The summed E-state index contributed by atoms with van der Waals surface area (Å²) in [6.07, 6.45) is -2.71. The lowest BCUT2D eigenvalue weighted by Crippen LogP contribution is -2.69. The normalized spacial score (nSPS) is 37.0. The minimum absolute atomic E-state index is 0.0428. The van der Waals surface area contributed by atoms with E-state index in [0.29, 0.717) is 25.7 Å². The molecular weight excluding hydrogens is 414 g/mol. The van der Waals surface area contributed by atoms with Crippen LogP contribution in [0.4, 0.5) is 4.79 Å². The second kappa shape index (κ2) is 9.47. The zero-order valence-electron chi connectivity index (χ0n) is 17.0. The zero-order chi connectivity index (χ0) is 22.9. The first kappa shape index (κ1) is 23.4. The van der Waals surface area contributed by atoms with E-state index in [-0.39, 0.29) is 19.3 Å². The summed E-state index contributed by atoms with van der Waals surface area (Å²) < 4.78 is 0. The van der Waals surface area contributed by atoms with Crippen molar-refractivity contribution in [2.45, 2.75) is 81.6 Å². The number of aliphatic hydroxyl groups is 4. The standard InChI is InChI=1S/C19H29N3O9/c23-11-4-1-9(2-5-11)21-17(29)15(16(28)20-8-14(26)27)18(30)22(19(21)31)10-3-6-12(24)13(25)7-10/h9-13,15,18,23-25,30H,1-8H2,(H,20,28)(H,26,27)/t9?,10-,11?,12-,13+,15?,18?/m0/s1. The highest BCUT2D eigenvalue weighted by atomic mass is 16.4. The van der Waals surface area contributed by atoms with Gasteiger partial charge in [0.25, 0.3) is 0 Å². The van der Waals surface area contributed by atoms with Crippen LogP contribution in [0.1, 0.15) is 44.9 Å². The summed E-state index contributed by atoms with van der Waals surface area (Å²) in [6, 6.07) is -2.09. The molecule has 12 nitrogen and oxygen atoms in total. The number of amides is 4. The third-order valence-electron chi connectivity index (χ3n) is 6.39. The van der Waals surface area contributed by atoms with Crippen molar-refractivity contribution >= 4 is 23.8 Å². The number of rotatable bonds is 5. The SMILES string of the molecule is O=C(O)CNC(=O)C1C(=O)N(C2CCC(O)CC2)C(=O)N([C@H]2CC[C@H](O)[C@H](O)C2)C1O. The Morgan fingerprint density at radius 1 is 0.903 bits per heavy atom. The third-order valence-corrected chi connectivity index (χ3v) is 6.39. The topological polar surface area (TPSA) is 188 Å². The van der Waals surface area contributed by atoms with E-state index < -0.39 is 72.9 Å². The number of carboxylic acid groups (broad SMARTS) is 1. The summed E-state index contributed by atoms with van der Waals surface area (Å²) in [7, 11) is 0. The van der Waals surface area contributed by atoms with Gasteiger partial charge < -0.3 is 30.8 Å². The van der Waals surface area contributed by atoms with Crippen molar-refractivity contribution in [3.8, 4) is 0 Å². The lowest BCUT2D eigenvalue weighted by atomic mass is 9.86. The highest BCUT2D eigenvalue weighted by Crippen LogP contribution is 2.34. The van der Waals surface area contributed by atoms with Crippen LogP contribution in [0.3, 0.4) is 0 Å². The molecular formula is C19H29N3O9. The molecule has 0 bridgehead atoms. The Morgan fingerprint density at radius 2 is 1.52 bits per heavy atom. The van der Waals surface area contributed by atoms with Crippen LogP contribution in [0.5, 0.6) is 0 Å². The number of nitrogens with zero attached hydrogens (tertiary/aromatic N) is 2. The van der Waals surface area contributed by atoms with Gasteiger partial charge in [-0.3, -0.25) is 24.2 Å². The van der Waals surface area contributed by atoms with Crippen molar-refractivity contribution in [3.05, 3.63) is 0 Å². The molecule has 3 aliphatic rings. The molecule has 4 amide bonds. The Hall–Kier alpha value is -2.28. The molecule has 0 aromatic carbocycles. The number of hydrogen-bond donors (Lipinski definition) is 6. The van der Waals surface area contributed by atoms with Crippen molar-refractivity contribution in [1.29, 1.82) is 0 Å². The van der Waals surface area contributed by atoms with Gasteiger partial charge in [-0.15, -0.1) is 0 Å². The van der Waals surface area contributed by atoms with Crippen LogP contribution in [0.2, 0.25) is 0 Å². The van der Waals surface area contributed by atoms with Crippen LogP contribution in [0, 0.1) is 5.92 Å². The molecule has 5 atom stereocenters. The van der Waals surface area contributed by atoms with E-state index in [9.17, 15) is 39.6 Å². The first-order valence-electron chi connectivity index (χ1n) is 10.5. The van der Waals surface area contributed by atoms with Gasteiger partial charge in [-0.1, -0.05) is 0 Å². The fourth-order valence-corrected chi connectivity index (χ4v) is 4.68. The van der Waals surface area contributed by atoms with E-state index in [1.54, 1.807) is 0 Å². The third kappa shape index (κ3) is 4.81. The van der Waals surface area contributed by atoms with Crippen LogP contribution in [0.25, 0.3) is 0 Å². The molecule has 1 saturated heterocycles.